The number of carbonyl (C=O) groups is 2. The second kappa shape index (κ2) is 10.9. The Balaban J connectivity index is 2.17. The van der Waals surface area contributed by atoms with Crippen LogP contribution in [-0.2, 0) is 32.7 Å². The predicted molar refractivity (Wildman–Crippen MR) is 119 cm³/mol. The number of benzene rings is 2. The Morgan fingerprint density at radius 1 is 1.03 bits per heavy atom. The number of nitrogens with one attached hydrogen (secondary N) is 1. The lowest BCUT2D eigenvalue weighted by atomic mass is 10.1. The molecule has 8 nitrogen and oxygen atoms in total. The fourth-order valence-electron chi connectivity index (χ4n) is 2.84. The molecule has 0 radical (unpaired) electrons. The van der Waals surface area contributed by atoms with E-state index < -0.39 is 22.0 Å². The zero-order valence-electron chi connectivity index (χ0n) is 18.2. The van der Waals surface area contributed by atoms with E-state index >= 15 is 0 Å². The molecule has 0 spiro atoms. The van der Waals surface area contributed by atoms with E-state index in [2.05, 4.69) is 5.32 Å². The maximum absolute atomic E-state index is 13.0. The second-order valence-electron chi connectivity index (χ2n) is 7.27. The van der Waals surface area contributed by atoms with Crippen molar-refractivity contribution < 1.29 is 22.7 Å². The van der Waals surface area contributed by atoms with Gasteiger partial charge in [0.2, 0.25) is 21.8 Å². The molecule has 0 heterocycles. The summed E-state index contributed by atoms with van der Waals surface area (Å²) in [7, 11) is -0.644. The van der Waals surface area contributed by atoms with Gasteiger partial charge in [-0.3, -0.25) is 9.59 Å². The number of hydrogen-bond donors (Lipinski definition) is 1. The lowest BCUT2D eigenvalue weighted by Crippen LogP contribution is -2.50. The Hall–Kier alpha value is -2.91. The maximum atomic E-state index is 13.0. The van der Waals surface area contributed by atoms with Crippen LogP contribution in [0.3, 0.4) is 0 Å². The first-order chi connectivity index (χ1) is 14.6. The van der Waals surface area contributed by atoms with Crippen LogP contribution in [0.4, 0.5) is 0 Å². The van der Waals surface area contributed by atoms with E-state index in [-0.39, 0.29) is 19.0 Å². The number of ether oxygens (including phenoxy) is 1. The molecule has 168 valence electrons. The van der Waals surface area contributed by atoms with Gasteiger partial charge in [-0.05, 0) is 30.2 Å². The minimum atomic E-state index is -3.54. The van der Waals surface area contributed by atoms with Crippen molar-refractivity contribution in [1.82, 2.24) is 14.5 Å². The molecule has 0 aliphatic heterocycles. The predicted octanol–water partition coefficient (Wildman–Crippen LogP) is 1.62. The first kappa shape index (κ1) is 24.4. The van der Waals surface area contributed by atoms with E-state index in [0.717, 1.165) is 21.7 Å². The average Bonchev–Trinajstić information content (AvgIpc) is 2.75. The number of methoxy groups -OCH3 is 1. The van der Waals surface area contributed by atoms with Crippen LogP contribution < -0.4 is 10.1 Å². The zero-order chi connectivity index (χ0) is 23.0. The summed E-state index contributed by atoms with van der Waals surface area (Å²) in [5.41, 5.74) is 1.73. The lowest BCUT2D eigenvalue weighted by molar-refractivity contribution is -0.140. The summed E-state index contributed by atoms with van der Waals surface area (Å²) in [6.45, 7) is 1.76. The van der Waals surface area contributed by atoms with Crippen LogP contribution in [0.25, 0.3) is 0 Å². The summed E-state index contributed by atoms with van der Waals surface area (Å²) in [6, 6.07) is 15.8. The summed E-state index contributed by atoms with van der Waals surface area (Å²) < 4.78 is 29.6. The summed E-state index contributed by atoms with van der Waals surface area (Å²) in [5, 5.41) is 2.84. The second-order valence-corrected chi connectivity index (χ2v) is 9.36. The number of rotatable bonds is 10. The van der Waals surface area contributed by atoms with Gasteiger partial charge in [0.25, 0.3) is 0 Å². The molecule has 0 fully saturated rings. The molecule has 1 N–H and O–H groups in total. The number of amides is 2. The van der Waals surface area contributed by atoms with Crippen molar-refractivity contribution in [2.24, 2.45) is 0 Å². The van der Waals surface area contributed by atoms with Gasteiger partial charge in [0.15, 0.2) is 0 Å². The summed E-state index contributed by atoms with van der Waals surface area (Å²) in [6.07, 6.45) is 1.03. The molecule has 2 rings (SSSR count). The molecule has 2 aromatic rings. The molecule has 0 saturated carbocycles. The van der Waals surface area contributed by atoms with Gasteiger partial charge in [-0.25, -0.2) is 8.42 Å². The molecule has 0 aromatic heterocycles. The molecule has 2 aromatic carbocycles. The summed E-state index contributed by atoms with van der Waals surface area (Å²) in [4.78, 5) is 27.1. The van der Waals surface area contributed by atoms with Crippen LogP contribution in [0.2, 0.25) is 0 Å². The van der Waals surface area contributed by atoms with Gasteiger partial charge in [-0.15, -0.1) is 0 Å². The van der Waals surface area contributed by atoms with Crippen molar-refractivity contribution in [3.63, 3.8) is 0 Å². The van der Waals surface area contributed by atoms with Gasteiger partial charge in [0.05, 0.1) is 19.9 Å². The summed E-state index contributed by atoms with van der Waals surface area (Å²) in [5.74, 6) is -0.120. The number of hydrogen-bond acceptors (Lipinski definition) is 5. The third kappa shape index (κ3) is 7.37. The van der Waals surface area contributed by atoms with Crippen LogP contribution in [0.15, 0.2) is 54.6 Å². The molecule has 31 heavy (non-hydrogen) atoms. The van der Waals surface area contributed by atoms with Crippen LogP contribution in [0, 0.1) is 0 Å². The van der Waals surface area contributed by atoms with E-state index in [1.165, 1.54) is 11.9 Å². The van der Waals surface area contributed by atoms with Crippen molar-refractivity contribution in [3.05, 3.63) is 65.7 Å². The van der Waals surface area contributed by atoms with Gasteiger partial charge in [-0.2, -0.15) is 4.31 Å². The zero-order valence-corrected chi connectivity index (χ0v) is 19.1. The molecule has 9 heteroatoms. The Morgan fingerprint density at radius 3 is 2.19 bits per heavy atom. The smallest absolute Gasteiger partial charge is 0.242 e. The molecule has 0 bridgehead atoms. The molecule has 2 amide bonds. The van der Waals surface area contributed by atoms with Crippen molar-refractivity contribution in [2.75, 3.05) is 27.0 Å². The molecule has 0 aliphatic carbocycles. The van der Waals surface area contributed by atoms with Gasteiger partial charge in [-0.1, -0.05) is 42.5 Å². The first-order valence-electron chi connectivity index (χ1n) is 9.77. The van der Waals surface area contributed by atoms with Crippen LogP contribution in [0.5, 0.6) is 5.75 Å². The lowest BCUT2D eigenvalue weighted by Gasteiger charge is -2.30. The molecular weight excluding hydrogens is 418 g/mol. The van der Waals surface area contributed by atoms with Crippen LogP contribution in [0.1, 0.15) is 18.1 Å². The molecule has 0 unspecified atom stereocenters. The fraction of sp³-hybridized carbons (Fsp3) is 0.364. The first-order valence-corrected chi connectivity index (χ1v) is 11.6. The minimum absolute atomic E-state index is 0.153. The Morgan fingerprint density at radius 2 is 1.65 bits per heavy atom. The van der Waals surface area contributed by atoms with Crippen molar-refractivity contribution in [2.45, 2.75) is 26.1 Å². The van der Waals surface area contributed by atoms with Crippen LogP contribution in [-0.4, -0.2) is 62.4 Å². The Bertz CT molecular complexity index is 978. The highest BCUT2D eigenvalue weighted by Gasteiger charge is 2.28. The summed E-state index contributed by atoms with van der Waals surface area (Å²) >= 11 is 0. The van der Waals surface area contributed by atoms with Crippen molar-refractivity contribution >= 4 is 21.8 Å². The van der Waals surface area contributed by atoms with Gasteiger partial charge >= 0.3 is 0 Å². The highest BCUT2D eigenvalue weighted by Crippen LogP contribution is 2.15. The Labute approximate surface area is 183 Å². The fourth-order valence-corrected chi connectivity index (χ4v) is 3.19. The largest absolute Gasteiger partial charge is 0.497 e. The van der Waals surface area contributed by atoms with E-state index in [9.17, 15) is 18.0 Å². The van der Waals surface area contributed by atoms with Gasteiger partial charge < -0.3 is 15.0 Å². The molecule has 1 atom stereocenters. The third-order valence-corrected chi connectivity index (χ3v) is 6.17. The third-order valence-electron chi connectivity index (χ3n) is 4.91. The van der Waals surface area contributed by atoms with Crippen molar-refractivity contribution in [3.8, 4) is 5.75 Å². The SMILES string of the molecule is COc1ccc(CN(C(=O)CN(C)S(C)(=O)=O)[C@@H](C)C(=O)NCc2ccccc2)cc1. The van der Waals surface area contributed by atoms with E-state index in [1.54, 1.807) is 38.3 Å². The van der Waals surface area contributed by atoms with Crippen LogP contribution >= 0.6 is 0 Å². The Kier molecular flexibility index (Phi) is 8.58. The monoisotopic (exact) mass is 447 g/mol. The number of carbonyl (C=O) groups excluding carboxylic acids is 2. The molecular formula is C22H29N3O5S. The molecule has 0 saturated heterocycles. The standard InChI is InChI=1S/C22H29N3O5S/c1-17(22(27)23-14-18-8-6-5-7-9-18)25(21(26)16-24(2)31(4,28)29)15-19-10-12-20(30-3)13-11-19/h5-13,17H,14-16H2,1-4H3,(H,23,27)/t17-/m0/s1. The minimum Gasteiger partial charge on any atom is -0.497 e. The topological polar surface area (TPSA) is 96.0 Å². The maximum Gasteiger partial charge on any atom is 0.242 e. The normalized spacial score (nSPS) is 12.3. The number of nitrogens with zero attached hydrogens (tertiary/aromatic N) is 2. The van der Waals surface area contributed by atoms with E-state index in [0.29, 0.717) is 12.3 Å². The quantitative estimate of drug-likeness (QED) is 0.597. The van der Waals surface area contributed by atoms with E-state index in [1.807, 2.05) is 30.3 Å². The number of likely N-dealkylation sites (N-methyl/N-ethyl adjacent to an activating group) is 1. The number of sulfonamides is 1. The average molecular weight is 448 g/mol. The van der Waals surface area contributed by atoms with Crippen molar-refractivity contribution in [1.29, 1.82) is 0 Å². The van der Waals surface area contributed by atoms with Gasteiger partial charge in [0, 0.05) is 20.1 Å². The highest BCUT2D eigenvalue weighted by molar-refractivity contribution is 7.88. The van der Waals surface area contributed by atoms with E-state index in [4.69, 9.17) is 4.74 Å². The highest BCUT2D eigenvalue weighted by atomic mass is 32.2. The molecule has 0 aliphatic rings. The van der Waals surface area contributed by atoms with Gasteiger partial charge in [0.1, 0.15) is 11.8 Å².